The van der Waals surface area contributed by atoms with Crippen molar-refractivity contribution in [1.82, 2.24) is 0 Å². The Bertz CT molecular complexity index is 172. The van der Waals surface area contributed by atoms with E-state index in [2.05, 4.69) is 0 Å². The van der Waals surface area contributed by atoms with Crippen molar-refractivity contribution in [3.63, 3.8) is 0 Å². The molecule has 0 aromatic heterocycles. The predicted octanol–water partition coefficient (Wildman–Crippen LogP) is -1.86. The van der Waals surface area contributed by atoms with Gasteiger partial charge >= 0.3 is 44.8 Å². The van der Waals surface area contributed by atoms with Gasteiger partial charge in [0.25, 0.3) is 0 Å². The Morgan fingerprint density at radius 3 is 1.77 bits per heavy atom. The Morgan fingerprint density at radius 1 is 1.15 bits per heavy atom. The maximum atomic E-state index is 10.2. The number of carboxylic acid groups (broad SMARTS) is 2. The third-order valence-electron chi connectivity index (χ3n) is 1.71. The molecule has 0 aromatic carbocycles. The summed E-state index contributed by atoms with van der Waals surface area (Å²) in [7, 11) is 0. The molecule has 4 nitrogen and oxygen atoms in total. The number of hydrogen-bond acceptors (Lipinski definition) is 4. The molecule has 0 aliphatic heterocycles. The molecular weight excluding hydrogens is 364 g/mol. The van der Waals surface area contributed by atoms with Gasteiger partial charge in [-0.2, -0.15) is 0 Å². The number of carboxylic acids is 2. The first-order valence-corrected chi connectivity index (χ1v) is 3.36. The van der Waals surface area contributed by atoms with Crippen LogP contribution >= 0.6 is 0 Å². The largest absolute Gasteiger partial charge is 1.00 e. The summed E-state index contributed by atoms with van der Waals surface area (Å²) in [5.41, 5.74) is 0. The van der Waals surface area contributed by atoms with Crippen molar-refractivity contribution in [2.75, 3.05) is 0 Å². The van der Waals surface area contributed by atoms with Gasteiger partial charge in [0, 0.05) is 11.9 Å². The fraction of sp³-hybridized carbons (Fsp3) is 0.714. The average Bonchev–Trinajstić information content (AvgIpc) is 1.84. The van der Waals surface area contributed by atoms with E-state index in [-0.39, 0.29) is 51.2 Å². The van der Waals surface area contributed by atoms with Gasteiger partial charge < -0.3 is 19.8 Å². The molecule has 0 fully saturated rings. The van der Waals surface area contributed by atoms with E-state index in [4.69, 9.17) is 0 Å². The summed E-state index contributed by atoms with van der Waals surface area (Å²) >= 11 is 0. The van der Waals surface area contributed by atoms with Crippen LogP contribution in [0, 0.1) is 11.8 Å². The van der Waals surface area contributed by atoms with Crippen molar-refractivity contribution in [3.8, 4) is 0 Å². The van der Waals surface area contributed by atoms with Gasteiger partial charge in [-0.3, -0.25) is 0 Å². The fourth-order valence-corrected chi connectivity index (χ4v) is 0.672. The van der Waals surface area contributed by atoms with Crippen LogP contribution in [0.3, 0.4) is 0 Å². The summed E-state index contributed by atoms with van der Waals surface area (Å²) in [5.74, 6) is -3.64. The molecule has 0 aliphatic carbocycles. The molecule has 6 heteroatoms. The monoisotopic (exact) mass is 372 g/mol. The first kappa shape index (κ1) is 19.1. The van der Waals surface area contributed by atoms with Crippen LogP contribution in [0.1, 0.15) is 20.3 Å². The zero-order chi connectivity index (χ0) is 9.02. The van der Waals surface area contributed by atoms with E-state index in [0.29, 0.717) is 0 Å². The predicted molar refractivity (Wildman–Crippen MR) is 33.0 cm³/mol. The second-order valence-corrected chi connectivity index (χ2v) is 2.66. The van der Waals surface area contributed by atoms with E-state index in [0.717, 1.165) is 0 Å². The van der Waals surface area contributed by atoms with Crippen LogP contribution < -0.4 is 10.2 Å². The molecule has 2 atom stereocenters. The summed E-state index contributed by atoms with van der Waals surface area (Å²) in [5, 5.41) is 20.2. The maximum absolute atomic E-state index is 10.2. The molecule has 13 heavy (non-hydrogen) atoms. The quantitative estimate of drug-likeness (QED) is 0.541. The van der Waals surface area contributed by atoms with Gasteiger partial charge in [-0.15, -0.1) is 0 Å². The Kier molecular flexibility index (Phi) is 13.2. The Balaban J connectivity index is -0.000000500. The zero-order valence-electron chi connectivity index (χ0n) is 7.10. The molecule has 0 spiro atoms. The first-order chi connectivity index (χ1) is 4.95. The van der Waals surface area contributed by atoms with E-state index in [9.17, 15) is 19.8 Å². The fourth-order valence-electron chi connectivity index (χ4n) is 0.672. The minimum Gasteiger partial charge on any atom is -0.550 e. The second-order valence-electron chi connectivity index (χ2n) is 2.66. The van der Waals surface area contributed by atoms with Crippen molar-refractivity contribution in [1.29, 1.82) is 0 Å². The Hall–Kier alpha value is 0.421. The molecular formula is C7H10Ag2O4. The smallest absolute Gasteiger partial charge is 0.550 e. The molecule has 0 rings (SSSR count). The standard InChI is InChI=1S/C7H12O4.2Ag/c1-4(3-6(8)9)5(2)7(10)11;;/h4-5H,3H2,1-2H3,(H,8,9)(H,10,11);;/q;2*+1/p-2. The van der Waals surface area contributed by atoms with E-state index < -0.39 is 23.8 Å². The van der Waals surface area contributed by atoms with Gasteiger partial charge in [0.15, 0.2) is 0 Å². The van der Waals surface area contributed by atoms with E-state index in [1.54, 1.807) is 0 Å². The second kappa shape index (κ2) is 8.99. The van der Waals surface area contributed by atoms with Crippen molar-refractivity contribution >= 4 is 11.9 Å². The van der Waals surface area contributed by atoms with Gasteiger partial charge in [0.1, 0.15) is 0 Å². The van der Waals surface area contributed by atoms with E-state index >= 15 is 0 Å². The molecule has 84 valence electrons. The molecule has 2 unspecified atom stereocenters. The minimum atomic E-state index is -1.23. The summed E-state index contributed by atoms with van der Waals surface area (Å²) in [6, 6.07) is 0. The number of aliphatic carboxylic acids is 2. The number of rotatable bonds is 4. The SMILES string of the molecule is CC(CC(=O)[O-])C(C)C(=O)[O-].[Ag+].[Ag+]. The molecule has 0 amide bonds. The average molecular weight is 374 g/mol. The van der Waals surface area contributed by atoms with Gasteiger partial charge in [-0.25, -0.2) is 0 Å². The third kappa shape index (κ3) is 8.74. The number of carbonyl (C=O) groups excluding carboxylic acids is 2. The first-order valence-electron chi connectivity index (χ1n) is 3.36. The van der Waals surface area contributed by atoms with Crippen LogP contribution in [-0.4, -0.2) is 11.9 Å². The summed E-state index contributed by atoms with van der Waals surface area (Å²) in [6.07, 6.45) is -0.241. The normalized spacial score (nSPS) is 13.1. The summed E-state index contributed by atoms with van der Waals surface area (Å²) in [4.78, 5) is 20.2. The van der Waals surface area contributed by atoms with Crippen LogP contribution in [0.25, 0.3) is 0 Å². The van der Waals surface area contributed by atoms with Crippen molar-refractivity contribution in [2.45, 2.75) is 20.3 Å². The molecule has 0 heterocycles. The molecule has 0 radical (unpaired) electrons. The van der Waals surface area contributed by atoms with Gasteiger partial charge in [0.05, 0.1) is 0 Å². The van der Waals surface area contributed by atoms with Crippen molar-refractivity contribution < 1.29 is 64.6 Å². The molecule has 0 aliphatic rings. The van der Waals surface area contributed by atoms with E-state index in [1.165, 1.54) is 13.8 Å². The van der Waals surface area contributed by atoms with Crippen LogP contribution in [0.15, 0.2) is 0 Å². The maximum Gasteiger partial charge on any atom is 1.00 e. The number of hydrogen-bond donors (Lipinski definition) is 0. The van der Waals surface area contributed by atoms with E-state index in [1.807, 2.05) is 0 Å². The molecule has 0 saturated carbocycles. The Morgan fingerprint density at radius 2 is 1.54 bits per heavy atom. The topological polar surface area (TPSA) is 80.3 Å². The van der Waals surface area contributed by atoms with Gasteiger partial charge in [-0.05, 0) is 18.3 Å². The molecule has 0 bridgehead atoms. The minimum absolute atomic E-state index is 0. The molecule has 0 saturated heterocycles. The number of carbonyl (C=O) groups is 2. The van der Waals surface area contributed by atoms with Crippen LogP contribution in [0.2, 0.25) is 0 Å². The van der Waals surface area contributed by atoms with Crippen LogP contribution in [-0.2, 0) is 54.3 Å². The Labute approximate surface area is 108 Å². The third-order valence-corrected chi connectivity index (χ3v) is 1.71. The zero-order valence-corrected chi connectivity index (χ0v) is 10.1. The van der Waals surface area contributed by atoms with Crippen LogP contribution in [0.4, 0.5) is 0 Å². The van der Waals surface area contributed by atoms with Crippen LogP contribution in [0.5, 0.6) is 0 Å². The summed E-state index contributed by atoms with van der Waals surface area (Å²) < 4.78 is 0. The van der Waals surface area contributed by atoms with Crippen molar-refractivity contribution in [2.24, 2.45) is 11.8 Å². The van der Waals surface area contributed by atoms with Gasteiger partial charge in [0.2, 0.25) is 0 Å². The summed E-state index contributed by atoms with van der Waals surface area (Å²) in [6.45, 7) is 2.96. The molecule has 0 N–H and O–H groups in total. The molecule has 0 aromatic rings. The van der Waals surface area contributed by atoms with Gasteiger partial charge in [-0.1, -0.05) is 13.8 Å². The van der Waals surface area contributed by atoms with Crippen molar-refractivity contribution in [3.05, 3.63) is 0 Å².